The molecule has 0 aliphatic heterocycles. The van der Waals surface area contributed by atoms with E-state index in [1.54, 1.807) is 6.20 Å². The van der Waals surface area contributed by atoms with Gasteiger partial charge in [0.1, 0.15) is 5.60 Å². The first-order valence-corrected chi connectivity index (χ1v) is 13.2. The molecule has 176 valence electrons. The lowest BCUT2D eigenvalue weighted by atomic mass is 9.49. The standard InChI is InChI=1S/C28H42N2O2/c1-27-12-10-22-21-11-14-28(32,13-9-19-3-4-19)17-20(21)5-6-23(22)24(27)7-8-25(27)26(31)18-30(2)16-15-29/h15-16,19-25,32H,3-8,10-12,14,17-18,29H2,1-2H3/b16-15-/t20-,21+,22?,23?,24?,25-,27+,28-/m1/s1. The van der Waals surface area contributed by atoms with E-state index in [0.29, 0.717) is 30.1 Å². The summed E-state index contributed by atoms with van der Waals surface area (Å²) in [6, 6.07) is 0. The molecule has 5 aliphatic rings. The Morgan fingerprint density at radius 2 is 1.84 bits per heavy atom. The quantitative estimate of drug-likeness (QED) is 0.641. The molecular weight excluding hydrogens is 396 g/mol. The highest BCUT2D eigenvalue weighted by atomic mass is 16.3. The van der Waals surface area contributed by atoms with Gasteiger partial charge in [0.2, 0.25) is 0 Å². The molecule has 0 heterocycles. The minimum absolute atomic E-state index is 0.170. The number of Topliss-reactive ketones (excluding diaryl/α,β-unsaturated/α-hetero) is 1. The SMILES string of the molecule is CN(/C=C\N)CC(=O)[C@H]1CCC2C3CC[C@@H]4C[C@@](O)(C#CC5CC5)CC[C@@H]4C3CC[C@@]21C. The lowest BCUT2D eigenvalue weighted by Crippen LogP contribution is -2.51. The highest BCUT2D eigenvalue weighted by Crippen LogP contribution is 2.64. The molecule has 0 aromatic rings. The maximum absolute atomic E-state index is 13.2. The second kappa shape index (κ2) is 8.39. The molecule has 0 aromatic carbocycles. The Bertz CT molecular complexity index is 823. The number of fused-ring (bicyclic) bond motifs is 5. The van der Waals surface area contributed by atoms with Gasteiger partial charge < -0.3 is 15.7 Å². The van der Waals surface area contributed by atoms with Gasteiger partial charge in [0.05, 0.1) is 6.54 Å². The van der Waals surface area contributed by atoms with Crippen LogP contribution in [0.4, 0.5) is 0 Å². The summed E-state index contributed by atoms with van der Waals surface area (Å²) in [5, 5.41) is 11.2. The number of nitrogens with two attached hydrogens (primary N) is 1. The number of carbonyl (C=O) groups excluding carboxylic acids is 1. The zero-order valence-corrected chi connectivity index (χ0v) is 20.1. The minimum atomic E-state index is -0.728. The van der Waals surface area contributed by atoms with E-state index in [-0.39, 0.29) is 11.3 Å². The summed E-state index contributed by atoms with van der Waals surface area (Å²) < 4.78 is 0. The van der Waals surface area contributed by atoms with Crippen LogP contribution >= 0.6 is 0 Å². The molecule has 0 spiro atoms. The van der Waals surface area contributed by atoms with Crippen molar-refractivity contribution in [2.24, 2.45) is 52.6 Å². The lowest BCUT2D eigenvalue weighted by Gasteiger charge is -2.56. The van der Waals surface area contributed by atoms with Gasteiger partial charge in [-0.05, 0) is 106 Å². The normalized spacial score (nSPS) is 45.3. The van der Waals surface area contributed by atoms with E-state index in [2.05, 4.69) is 18.8 Å². The zero-order valence-electron chi connectivity index (χ0n) is 20.1. The number of ketones is 1. The predicted molar refractivity (Wildman–Crippen MR) is 127 cm³/mol. The van der Waals surface area contributed by atoms with Gasteiger partial charge in [0, 0.05) is 31.3 Å². The third-order valence-corrected chi connectivity index (χ3v) is 10.2. The zero-order chi connectivity index (χ0) is 22.5. The first-order chi connectivity index (χ1) is 15.3. The molecule has 5 aliphatic carbocycles. The van der Waals surface area contributed by atoms with Gasteiger partial charge in [-0.15, -0.1) is 0 Å². The molecule has 3 unspecified atom stereocenters. The molecule has 0 saturated heterocycles. The summed E-state index contributed by atoms with van der Waals surface area (Å²) in [6.07, 6.45) is 15.9. The van der Waals surface area contributed by atoms with Crippen LogP contribution in [0, 0.1) is 58.7 Å². The Morgan fingerprint density at radius 1 is 1.06 bits per heavy atom. The summed E-state index contributed by atoms with van der Waals surface area (Å²) in [5.41, 5.74) is 4.95. The van der Waals surface area contributed by atoms with E-state index in [9.17, 15) is 9.90 Å². The minimum Gasteiger partial charge on any atom is -0.403 e. The molecule has 4 nitrogen and oxygen atoms in total. The van der Waals surface area contributed by atoms with Gasteiger partial charge in [0.25, 0.3) is 0 Å². The molecule has 0 amide bonds. The van der Waals surface area contributed by atoms with E-state index in [1.165, 1.54) is 51.1 Å². The summed E-state index contributed by atoms with van der Waals surface area (Å²) in [5.74, 6) is 11.5. The molecule has 0 aromatic heterocycles. The van der Waals surface area contributed by atoms with Gasteiger partial charge in [0.15, 0.2) is 5.78 Å². The van der Waals surface area contributed by atoms with Crippen LogP contribution in [0.25, 0.3) is 0 Å². The largest absolute Gasteiger partial charge is 0.403 e. The number of hydrogen-bond acceptors (Lipinski definition) is 4. The number of hydrogen-bond donors (Lipinski definition) is 2. The molecule has 5 fully saturated rings. The maximum atomic E-state index is 13.2. The van der Waals surface area contributed by atoms with Crippen LogP contribution in [0.5, 0.6) is 0 Å². The fourth-order valence-electron chi connectivity index (χ4n) is 8.54. The van der Waals surface area contributed by atoms with Crippen LogP contribution in [0.2, 0.25) is 0 Å². The summed E-state index contributed by atoms with van der Waals surface area (Å²) in [7, 11) is 1.94. The van der Waals surface area contributed by atoms with Crippen LogP contribution in [0.15, 0.2) is 12.4 Å². The molecule has 32 heavy (non-hydrogen) atoms. The Balaban J connectivity index is 1.26. The van der Waals surface area contributed by atoms with E-state index in [0.717, 1.165) is 43.4 Å². The number of likely N-dealkylation sites (N-methyl/N-ethyl adjacent to an activating group) is 1. The van der Waals surface area contributed by atoms with Crippen LogP contribution in [0.1, 0.15) is 77.6 Å². The average Bonchev–Trinajstić information content (AvgIpc) is 3.52. The Hall–Kier alpha value is -1.47. The maximum Gasteiger partial charge on any atom is 0.155 e. The molecular formula is C28H42N2O2. The van der Waals surface area contributed by atoms with Gasteiger partial charge in [-0.25, -0.2) is 0 Å². The van der Waals surface area contributed by atoms with Crippen molar-refractivity contribution in [1.82, 2.24) is 4.90 Å². The van der Waals surface area contributed by atoms with E-state index in [4.69, 9.17) is 5.73 Å². The van der Waals surface area contributed by atoms with Crippen molar-refractivity contribution in [1.29, 1.82) is 0 Å². The number of nitrogens with zero attached hydrogens (tertiary/aromatic N) is 1. The number of aliphatic hydroxyl groups is 1. The molecule has 4 heteroatoms. The van der Waals surface area contributed by atoms with Gasteiger partial charge >= 0.3 is 0 Å². The van der Waals surface area contributed by atoms with Crippen LogP contribution in [-0.4, -0.2) is 35.0 Å². The van der Waals surface area contributed by atoms with Gasteiger partial charge in [-0.1, -0.05) is 18.8 Å². The van der Waals surface area contributed by atoms with Crippen molar-refractivity contribution in [2.75, 3.05) is 13.6 Å². The first kappa shape index (κ1) is 22.3. The molecule has 5 rings (SSSR count). The molecule has 5 saturated carbocycles. The van der Waals surface area contributed by atoms with E-state index < -0.39 is 5.60 Å². The van der Waals surface area contributed by atoms with Crippen molar-refractivity contribution in [3.8, 4) is 11.8 Å². The topological polar surface area (TPSA) is 66.6 Å². The third-order valence-electron chi connectivity index (χ3n) is 10.2. The lowest BCUT2D eigenvalue weighted by molar-refractivity contribution is -0.131. The van der Waals surface area contributed by atoms with Crippen molar-refractivity contribution < 1.29 is 9.90 Å². The summed E-state index contributed by atoms with van der Waals surface area (Å²) in [4.78, 5) is 15.1. The van der Waals surface area contributed by atoms with E-state index >= 15 is 0 Å². The smallest absolute Gasteiger partial charge is 0.155 e. The highest BCUT2D eigenvalue weighted by Gasteiger charge is 2.58. The van der Waals surface area contributed by atoms with Crippen molar-refractivity contribution >= 4 is 5.78 Å². The van der Waals surface area contributed by atoms with Crippen molar-refractivity contribution in [2.45, 2.75) is 83.2 Å². The van der Waals surface area contributed by atoms with Gasteiger partial charge in [-0.3, -0.25) is 4.79 Å². The van der Waals surface area contributed by atoms with Gasteiger partial charge in [-0.2, -0.15) is 0 Å². The molecule has 3 N–H and O–H groups in total. The molecule has 0 bridgehead atoms. The Kier molecular flexibility index (Phi) is 5.85. The first-order valence-electron chi connectivity index (χ1n) is 13.2. The summed E-state index contributed by atoms with van der Waals surface area (Å²) >= 11 is 0. The molecule has 8 atom stereocenters. The predicted octanol–water partition coefficient (Wildman–Crippen LogP) is 4.33. The van der Waals surface area contributed by atoms with Crippen LogP contribution < -0.4 is 5.73 Å². The Morgan fingerprint density at radius 3 is 2.59 bits per heavy atom. The van der Waals surface area contributed by atoms with Crippen LogP contribution in [-0.2, 0) is 4.79 Å². The second-order valence-corrected chi connectivity index (χ2v) is 12.2. The highest BCUT2D eigenvalue weighted by molar-refractivity contribution is 5.84. The van der Waals surface area contributed by atoms with Crippen molar-refractivity contribution in [3.63, 3.8) is 0 Å². The molecule has 0 radical (unpaired) electrons. The van der Waals surface area contributed by atoms with E-state index in [1.807, 2.05) is 11.9 Å². The van der Waals surface area contributed by atoms with Crippen molar-refractivity contribution in [3.05, 3.63) is 12.4 Å². The summed E-state index contributed by atoms with van der Waals surface area (Å²) in [6.45, 7) is 2.90. The fourth-order valence-corrected chi connectivity index (χ4v) is 8.54. The number of carbonyl (C=O) groups is 1. The third kappa shape index (κ3) is 4.00. The van der Waals surface area contributed by atoms with Crippen LogP contribution in [0.3, 0.4) is 0 Å². The Labute approximate surface area is 194 Å². The average molecular weight is 439 g/mol. The number of rotatable bonds is 4. The fraction of sp³-hybridized carbons (Fsp3) is 0.821. The second-order valence-electron chi connectivity index (χ2n) is 12.2. The monoisotopic (exact) mass is 438 g/mol.